The van der Waals surface area contributed by atoms with E-state index in [4.69, 9.17) is 10.5 Å². The van der Waals surface area contributed by atoms with Gasteiger partial charge in [0.15, 0.2) is 0 Å². The summed E-state index contributed by atoms with van der Waals surface area (Å²) in [7, 11) is 1.60. The van der Waals surface area contributed by atoms with Gasteiger partial charge in [-0.3, -0.25) is 4.90 Å². The maximum Gasteiger partial charge on any atom is 0.324 e. The van der Waals surface area contributed by atoms with E-state index in [-0.39, 0.29) is 6.03 Å². The number of carbonyl (C=O) groups excluding carboxylic acids is 1. The van der Waals surface area contributed by atoms with E-state index in [1.54, 1.807) is 18.1 Å². The highest BCUT2D eigenvalue weighted by Crippen LogP contribution is 2.30. The second-order valence-electron chi connectivity index (χ2n) is 5.62. The zero-order valence-electron chi connectivity index (χ0n) is 13.2. The van der Waals surface area contributed by atoms with Gasteiger partial charge in [0.05, 0.1) is 18.5 Å². The third-order valence-corrected chi connectivity index (χ3v) is 4.05. The van der Waals surface area contributed by atoms with Crippen molar-refractivity contribution in [1.82, 2.24) is 4.90 Å². The van der Waals surface area contributed by atoms with Crippen molar-refractivity contribution in [2.75, 3.05) is 30.8 Å². The van der Waals surface area contributed by atoms with Gasteiger partial charge in [-0.2, -0.15) is 0 Å². The topological polar surface area (TPSA) is 58.8 Å². The molecule has 2 aromatic carbocycles. The van der Waals surface area contributed by atoms with Crippen molar-refractivity contribution < 1.29 is 9.53 Å². The number of carbonyl (C=O) groups is 1. The quantitative estimate of drug-likeness (QED) is 0.883. The molecule has 1 saturated heterocycles. The molecule has 0 spiro atoms. The maximum atomic E-state index is 12.8. The standard InChI is InChI=1S/C18H21N3O2/c1-23-15-8-9-17(16(19)12-15)21-11-5-10-20(18(21)22)13-14-6-3-2-4-7-14/h2-4,6-9,12H,5,10-11,13,19H2,1H3. The normalized spacial score (nSPS) is 14.9. The molecular weight excluding hydrogens is 290 g/mol. The molecular formula is C18H21N3O2. The minimum atomic E-state index is -0.00281. The first-order valence-electron chi connectivity index (χ1n) is 7.73. The molecule has 2 amide bonds. The van der Waals surface area contributed by atoms with E-state index >= 15 is 0 Å². The van der Waals surface area contributed by atoms with E-state index < -0.39 is 0 Å². The molecule has 0 bridgehead atoms. The van der Waals surface area contributed by atoms with Crippen molar-refractivity contribution in [3.8, 4) is 5.75 Å². The number of nitrogens with two attached hydrogens (primary N) is 1. The SMILES string of the molecule is COc1ccc(N2CCCN(Cc3ccccc3)C2=O)c(N)c1. The lowest BCUT2D eigenvalue weighted by Gasteiger charge is -2.36. The van der Waals surface area contributed by atoms with Crippen LogP contribution in [0.2, 0.25) is 0 Å². The van der Waals surface area contributed by atoms with E-state index in [2.05, 4.69) is 0 Å². The van der Waals surface area contributed by atoms with E-state index in [0.29, 0.717) is 24.5 Å². The van der Waals surface area contributed by atoms with Gasteiger partial charge in [0.25, 0.3) is 0 Å². The molecule has 1 fully saturated rings. The molecule has 23 heavy (non-hydrogen) atoms. The summed E-state index contributed by atoms with van der Waals surface area (Å²) in [5, 5.41) is 0. The number of nitrogen functional groups attached to an aromatic ring is 1. The van der Waals surface area contributed by atoms with Crippen molar-refractivity contribution in [3.63, 3.8) is 0 Å². The lowest BCUT2D eigenvalue weighted by molar-refractivity contribution is 0.192. The minimum absolute atomic E-state index is 0.00281. The molecule has 0 radical (unpaired) electrons. The molecule has 0 aliphatic carbocycles. The molecule has 2 aromatic rings. The predicted molar refractivity (Wildman–Crippen MR) is 91.6 cm³/mol. The molecule has 1 heterocycles. The summed E-state index contributed by atoms with van der Waals surface area (Å²) in [4.78, 5) is 16.4. The Hall–Kier alpha value is -2.69. The van der Waals surface area contributed by atoms with E-state index in [1.807, 2.05) is 47.4 Å². The van der Waals surface area contributed by atoms with Crippen LogP contribution in [0, 0.1) is 0 Å². The lowest BCUT2D eigenvalue weighted by atomic mass is 10.1. The first-order chi connectivity index (χ1) is 11.2. The van der Waals surface area contributed by atoms with Crippen LogP contribution in [0.25, 0.3) is 0 Å². The fourth-order valence-corrected chi connectivity index (χ4v) is 2.86. The Morgan fingerprint density at radius 3 is 2.61 bits per heavy atom. The number of urea groups is 1. The Bertz CT molecular complexity index is 688. The smallest absolute Gasteiger partial charge is 0.324 e. The summed E-state index contributed by atoms with van der Waals surface area (Å²) in [6.45, 7) is 2.06. The van der Waals surface area contributed by atoms with Gasteiger partial charge in [-0.15, -0.1) is 0 Å². The number of hydrogen-bond acceptors (Lipinski definition) is 3. The van der Waals surface area contributed by atoms with Gasteiger partial charge >= 0.3 is 6.03 Å². The first-order valence-corrected chi connectivity index (χ1v) is 7.73. The fourth-order valence-electron chi connectivity index (χ4n) is 2.86. The van der Waals surface area contributed by atoms with Gasteiger partial charge in [-0.1, -0.05) is 30.3 Å². The summed E-state index contributed by atoms with van der Waals surface area (Å²) < 4.78 is 5.17. The molecule has 1 aliphatic heterocycles. The minimum Gasteiger partial charge on any atom is -0.497 e. The van der Waals surface area contributed by atoms with Crippen LogP contribution >= 0.6 is 0 Å². The molecule has 0 atom stereocenters. The molecule has 1 aliphatic rings. The lowest BCUT2D eigenvalue weighted by Crippen LogP contribution is -2.49. The second-order valence-corrected chi connectivity index (χ2v) is 5.62. The first kappa shape index (κ1) is 15.2. The number of ether oxygens (including phenoxy) is 1. The summed E-state index contributed by atoms with van der Waals surface area (Å²) >= 11 is 0. The Labute approximate surface area is 136 Å². The molecule has 120 valence electrons. The monoisotopic (exact) mass is 311 g/mol. The van der Waals surface area contributed by atoms with Crippen molar-refractivity contribution >= 4 is 17.4 Å². The average molecular weight is 311 g/mol. The largest absolute Gasteiger partial charge is 0.497 e. The van der Waals surface area contributed by atoms with Gasteiger partial charge in [-0.05, 0) is 24.1 Å². The van der Waals surface area contributed by atoms with Crippen molar-refractivity contribution in [2.45, 2.75) is 13.0 Å². The number of amides is 2. The highest BCUT2D eigenvalue weighted by molar-refractivity contribution is 5.96. The number of nitrogens with zero attached hydrogens (tertiary/aromatic N) is 2. The van der Waals surface area contributed by atoms with Gasteiger partial charge < -0.3 is 15.4 Å². The van der Waals surface area contributed by atoms with Crippen LogP contribution in [0.5, 0.6) is 5.75 Å². The summed E-state index contributed by atoms with van der Waals surface area (Å²) in [5.74, 6) is 0.692. The fraction of sp³-hybridized carbons (Fsp3) is 0.278. The Kier molecular flexibility index (Phi) is 4.37. The molecule has 3 rings (SSSR count). The average Bonchev–Trinajstić information content (AvgIpc) is 2.58. The second kappa shape index (κ2) is 6.60. The Morgan fingerprint density at radius 2 is 1.91 bits per heavy atom. The Balaban J connectivity index is 1.79. The van der Waals surface area contributed by atoms with Crippen molar-refractivity contribution in [3.05, 3.63) is 54.1 Å². The molecule has 0 aromatic heterocycles. The summed E-state index contributed by atoms with van der Waals surface area (Å²) in [5.41, 5.74) is 8.52. The van der Waals surface area contributed by atoms with Crippen LogP contribution in [0.3, 0.4) is 0 Å². The Morgan fingerprint density at radius 1 is 1.13 bits per heavy atom. The molecule has 2 N–H and O–H groups in total. The summed E-state index contributed by atoms with van der Waals surface area (Å²) in [6, 6.07) is 15.4. The molecule has 5 heteroatoms. The molecule has 5 nitrogen and oxygen atoms in total. The number of anilines is 2. The van der Waals surface area contributed by atoms with Gasteiger partial charge in [0.2, 0.25) is 0 Å². The van der Waals surface area contributed by atoms with Crippen LogP contribution < -0.4 is 15.4 Å². The molecule has 0 saturated carbocycles. The van der Waals surface area contributed by atoms with Crippen LogP contribution in [-0.2, 0) is 6.54 Å². The highest BCUT2D eigenvalue weighted by Gasteiger charge is 2.27. The zero-order valence-corrected chi connectivity index (χ0v) is 13.2. The van der Waals surface area contributed by atoms with Crippen LogP contribution in [0.1, 0.15) is 12.0 Å². The number of methoxy groups -OCH3 is 1. The summed E-state index contributed by atoms with van der Waals surface area (Å²) in [6.07, 6.45) is 0.921. The van der Waals surface area contributed by atoms with Gasteiger partial charge in [0.1, 0.15) is 5.75 Å². The number of benzene rings is 2. The van der Waals surface area contributed by atoms with Crippen molar-refractivity contribution in [2.24, 2.45) is 0 Å². The van der Waals surface area contributed by atoms with Gasteiger partial charge in [-0.25, -0.2) is 4.79 Å². The van der Waals surface area contributed by atoms with Crippen LogP contribution in [0.15, 0.2) is 48.5 Å². The third-order valence-electron chi connectivity index (χ3n) is 4.05. The highest BCUT2D eigenvalue weighted by atomic mass is 16.5. The van der Waals surface area contributed by atoms with Gasteiger partial charge in [0, 0.05) is 25.7 Å². The molecule has 0 unspecified atom stereocenters. The van der Waals surface area contributed by atoms with E-state index in [0.717, 1.165) is 24.2 Å². The third kappa shape index (κ3) is 3.23. The predicted octanol–water partition coefficient (Wildman–Crippen LogP) is 3.11. The number of rotatable bonds is 4. The zero-order chi connectivity index (χ0) is 16.2. The van der Waals surface area contributed by atoms with E-state index in [9.17, 15) is 4.79 Å². The van der Waals surface area contributed by atoms with Crippen molar-refractivity contribution in [1.29, 1.82) is 0 Å². The van der Waals surface area contributed by atoms with Crippen LogP contribution in [-0.4, -0.2) is 31.1 Å². The van der Waals surface area contributed by atoms with E-state index in [1.165, 1.54) is 0 Å². The van der Waals surface area contributed by atoms with Crippen LogP contribution in [0.4, 0.5) is 16.2 Å². The maximum absolute atomic E-state index is 12.8. The number of hydrogen-bond donors (Lipinski definition) is 1.